The van der Waals surface area contributed by atoms with Gasteiger partial charge < -0.3 is 4.74 Å². The van der Waals surface area contributed by atoms with Crippen LogP contribution in [0.3, 0.4) is 0 Å². The number of halogens is 3. The molecule has 164 valence electrons. The van der Waals surface area contributed by atoms with Crippen molar-refractivity contribution in [3.63, 3.8) is 0 Å². The van der Waals surface area contributed by atoms with E-state index in [1.54, 1.807) is 24.5 Å². The lowest BCUT2D eigenvalue weighted by Gasteiger charge is -2.24. The largest absolute Gasteiger partial charge is 0.467 e. The summed E-state index contributed by atoms with van der Waals surface area (Å²) in [6.45, 7) is 3.89. The number of hydrogen-bond donors (Lipinski definition) is 0. The van der Waals surface area contributed by atoms with Gasteiger partial charge in [0.15, 0.2) is 11.5 Å². The van der Waals surface area contributed by atoms with E-state index in [9.17, 15) is 13.2 Å². The average Bonchev–Trinajstić information content (AvgIpc) is 3.30. The second-order valence-electron chi connectivity index (χ2n) is 7.52. The maximum atomic E-state index is 12.9. The van der Waals surface area contributed by atoms with Crippen LogP contribution < -0.4 is 4.74 Å². The number of pyridine rings is 2. The van der Waals surface area contributed by atoms with E-state index in [0.29, 0.717) is 11.4 Å². The van der Waals surface area contributed by atoms with Crippen LogP contribution in [0.15, 0.2) is 61.1 Å². The highest BCUT2D eigenvalue weighted by Crippen LogP contribution is 2.31. The summed E-state index contributed by atoms with van der Waals surface area (Å²) < 4.78 is 44.8. The van der Waals surface area contributed by atoms with Crippen molar-refractivity contribution in [3.05, 3.63) is 78.1 Å². The van der Waals surface area contributed by atoms with Gasteiger partial charge in [0.2, 0.25) is 0 Å². The van der Waals surface area contributed by atoms with E-state index >= 15 is 0 Å². The van der Waals surface area contributed by atoms with Gasteiger partial charge in [0, 0.05) is 29.6 Å². The second kappa shape index (κ2) is 8.03. The smallest absolute Gasteiger partial charge is 0.435 e. The van der Waals surface area contributed by atoms with Crippen molar-refractivity contribution in [2.75, 3.05) is 7.11 Å². The van der Waals surface area contributed by atoms with Gasteiger partial charge in [-0.3, -0.25) is 4.98 Å². The van der Waals surface area contributed by atoms with Gasteiger partial charge >= 0.3 is 12.2 Å². The van der Waals surface area contributed by atoms with E-state index in [4.69, 9.17) is 9.72 Å². The predicted octanol–water partition coefficient (Wildman–Crippen LogP) is 4.47. The topological polar surface area (TPSA) is 78.6 Å². The summed E-state index contributed by atoms with van der Waals surface area (Å²) >= 11 is 0. The molecule has 0 saturated carbocycles. The second-order valence-corrected chi connectivity index (χ2v) is 7.52. The SMILES string of the molecule is COc1ncc(-c2cccc(C(C)(C)c3cccc(-n4ccc(C(F)(F)F)n4)n3)n2)cn1. The fourth-order valence-corrected chi connectivity index (χ4v) is 3.13. The van der Waals surface area contributed by atoms with Crippen LogP contribution in [0, 0.1) is 0 Å². The van der Waals surface area contributed by atoms with E-state index < -0.39 is 17.3 Å². The van der Waals surface area contributed by atoms with Crippen LogP contribution in [-0.4, -0.2) is 36.8 Å². The first kappa shape index (κ1) is 21.4. The fourth-order valence-electron chi connectivity index (χ4n) is 3.13. The van der Waals surface area contributed by atoms with Gasteiger partial charge in [-0.2, -0.15) is 18.3 Å². The lowest BCUT2D eigenvalue weighted by Crippen LogP contribution is -2.23. The Balaban J connectivity index is 1.68. The first-order chi connectivity index (χ1) is 15.2. The Morgan fingerprint density at radius 1 is 0.844 bits per heavy atom. The third-order valence-electron chi connectivity index (χ3n) is 4.98. The molecule has 0 fully saturated rings. The molecule has 0 aromatic carbocycles. The molecule has 0 saturated heterocycles. The zero-order valence-corrected chi connectivity index (χ0v) is 17.5. The first-order valence-electron chi connectivity index (χ1n) is 9.63. The van der Waals surface area contributed by atoms with Crippen LogP contribution in [0.25, 0.3) is 17.1 Å². The summed E-state index contributed by atoms with van der Waals surface area (Å²) in [5, 5.41) is 3.60. The van der Waals surface area contributed by atoms with Crippen LogP contribution in [0.1, 0.15) is 30.9 Å². The summed E-state index contributed by atoms with van der Waals surface area (Å²) in [5.74, 6) is 0.283. The van der Waals surface area contributed by atoms with Crippen LogP contribution in [0.4, 0.5) is 13.2 Å². The quantitative estimate of drug-likeness (QED) is 0.456. The zero-order valence-electron chi connectivity index (χ0n) is 17.5. The van der Waals surface area contributed by atoms with Gasteiger partial charge in [-0.05, 0) is 44.2 Å². The van der Waals surface area contributed by atoms with Crippen molar-refractivity contribution in [1.29, 1.82) is 0 Å². The average molecular weight is 440 g/mol. The molecule has 0 N–H and O–H groups in total. The normalized spacial score (nSPS) is 12.1. The molecule has 0 aliphatic heterocycles. The van der Waals surface area contributed by atoms with E-state index in [1.807, 2.05) is 38.1 Å². The zero-order chi connectivity index (χ0) is 22.9. The van der Waals surface area contributed by atoms with Gasteiger partial charge in [-0.15, -0.1) is 0 Å². The molecule has 0 radical (unpaired) electrons. The molecule has 0 spiro atoms. The van der Waals surface area contributed by atoms with Gasteiger partial charge in [-0.25, -0.2) is 19.6 Å². The Bertz CT molecular complexity index is 1230. The Labute approximate surface area is 182 Å². The maximum Gasteiger partial charge on any atom is 0.435 e. The predicted molar refractivity (Wildman–Crippen MR) is 110 cm³/mol. The van der Waals surface area contributed by atoms with Crippen LogP contribution in [0.5, 0.6) is 6.01 Å². The molecule has 4 aromatic heterocycles. The molecule has 0 aliphatic rings. The van der Waals surface area contributed by atoms with Crippen molar-refractivity contribution in [1.82, 2.24) is 29.7 Å². The van der Waals surface area contributed by atoms with E-state index in [0.717, 1.165) is 22.0 Å². The van der Waals surface area contributed by atoms with Crippen molar-refractivity contribution in [3.8, 4) is 23.1 Å². The summed E-state index contributed by atoms with van der Waals surface area (Å²) in [6.07, 6.45) is -0.0261. The minimum atomic E-state index is -4.52. The minimum Gasteiger partial charge on any atom is -0.467 e. The van der Waals surface area contributed by atoms with E-state index in [-0.39, 0.29) is 11.8 Å². The Kier molecular flexibility index (Phi) is 5.37. The molecule has 32 heavy (non-hydrogen) atoms. The van der Waals surface area contributed by atoms with Crippen molar-refractivity contribution < 1.29 is 17.9 Å². The van der Waals surface area contributed by atoms with Gasteiger partial charge in [0.1, 0.15) is 0 Å². The third kappa shape index (κ3) is 4.16. The van der Waals surface area contributed by atoms with Crippen molar-refractivity contribution in [2.45, 2.75) is 25.4 Å². The number of ether oxygens (including phenoxy) is 1. The van der Waals surface area contributed by atoms with E-state index in [1.165, 1.54) is 13.3 Å². The Hall–Kier alpha value is -3.82. The monoisotopic (exact) mass is 440 g/mol. The minimum absolute atomic E-state index is 0.263. The van der Waals surface area contributed by atoms with Gasteiger partial charge in [-0.1, -0.05) is 12.1 Å². The molecular weight excluding hydrogens is 421 g/mol. The van der Waals surface area contributed by atoms with Crippen molar-refractivity contribution in [2.24, 2.45) is 0 Å². The van der Waals surface area contributed by atoms with E-state index in [2.05, 4.69) is 20.1 Å². The van der Waals surface area contributed by atoms with Crippen LogP contribution in [0.2, 0.25) is 0 Å². The fraction of sp³-hybridized carbons (Fsp3) is 0.227. The molecule has 0 amide bonds. The standard InChI is InChI=1S/C22H19F3N6O/c1-21(2,16-7-4-6-15(28-16)14-12-26-20(32-3)27-13-14)17-8-5-9-19(29-17)31-11-10-18(30-31)22(23,24)25/h4-13H,1-3H3. The summed E-state index contributed by atoms with van der Waals surface area (Å²) in [7, 11) is 1.49. The number of alkyl halides is 3. The number of nitrogens with zero attached hydrogens (tertiary/aromatic N) is 6. The molecule has 4 aromatic rings. The summed E-state index contributed by atoms with van der Waals surface area (Å²) in [6, 6.07) is 11.9. The molecular formula is C22H19F3N6O. The summed E-state index contributed by atoms with van der Waals surface area (Å²) in [5.41, 5.74) is 1.15. The molecule has 0 bridgehead atoms. The maximum absolute atomic E-state index is 12.9. The molecule has 4 rings (SSSR count). The molecule has 0 atom stereocenters. The number of hydrogen-bond acceptors (Lipinski definition) is 6. The highest BCUT2D eigenvalue weighted by molar-refractivity contribution is 5.57. The Morgan fingerprint density at radius 3 is 2.12 bits per heavy atom. The number of aromatic nitrogens is 6. The first-order valence-corrected chi connectivity index (χ1v) is 9.63. The third-order valence-corrected chi connectivity index (χ3v) is 4.98. The molecule has 0 unspecified atom stereocenters. The van der Waals surface area contributed by atoms with Gasteiger partial charge in [0.05, 0.1) is 24.2 Å². The molecule has 10 heteroatoms. The van der Waals surface area contributed by atoms with Crippen LogP contribution >= 0.6 is 0 Å². The lowest BCUT2D eigenvalue weighted by molar-refractivity contribution is -0.141. The Morgan fingerprint density at radius 2 is 1.50 bits per heavy atom. The molecule has 0 aliphatic carbocycles. The number of rotatable bonds is 5. The summed E-state index contributed by atoms with van der Waals surface area (Å²) in [4.78, 5) is 17.5. The highest BCUT2D eigenvalue weighted by Gasteiger charge is 2.34. The highest BCUT2D eigenvalue weighted by atomic mass is 19.4. The lowest BCUT2D eigenvalue weighted by atomic mass is 9.84. The molecule has 4 heterocycles. The van der Waals surface area contributed by atoms with Gasteiger partial charge in [0.25, 0.3) is 0 Å². The molecule has 7 nitrogen and oxygen atoms in total. The van der Waals surface area contributed by atoms with Crippen LogP contribution in [-0.2, 0) is 11.6 Å². The number of methoxy groups -OCH3 is 1. The van der Waals surface area contributed by atoms with Crippen molar-refractivity contribution >= 4 is 0 Å².